The number of benzene rings is 1. The van der Waals surface area contributed by atoms with E-state index in [9.17, 15) is 0 Å². The first-order valence-electron chi connectivity index (χ1n) is 5.51. The molecule has 0 aromatic heterocycles. The van der Waals surface area contributed by atoms with Crippen LogP contribution in [0.1, 0.15) is 31.4 Å². The first-order valence-corrected chi connectivity index (χ1v) is 5.51. The van der Waals surface area contributed by atoms with Gasteiger partial charge in [0.25, 0.3) is 0 Å². The molecule has 0 fully saturated rings. The van der Waals surface area contributed by atoms with Gasteiger partial charge in [0.2, 0.25) is 0 Å². The van der Waals surface area contributed by atoms with Gasteiger partial charge in [-0.15, -0.1) is 0 Å². The molecule has 0 spiro atoms. The van der Waals surface area contributed by atoms with E-state index in [1.807, 2.05) is 18.2 Å². The van der Waals surface area contributed by atoms with Crippen molar-refractivity contribution in [1.82, 2.24) is 0 Å². The molecule has 0 saturated carbocycles. The first-order chi connectivity index (χ1) is 7.61. The molecule has 0 atom stereocenters. The van der Waals surface area contributed by atoms with E-state index in [1.165, 1.54) is 5.57 Å². The number of rotatable bonds is 1. The van der Waals surface area contributed by atoms with E-state index in [0.717, 1.165) is 17.5 Å². The van der Waals surface area contributed by atoms with Crippen LogP contribution in [0.5, 0.6) is 0 Å². The molecule has 0 radical (unpaired) electrons. The Hall–Kier alpha value is -1.81. The predicted octanol–water partition coefficient (Wildman–Crippen LogP) is 3.93. The van der Waals surface area contributed by atoms with Crippen molar-refractivity contribution in [1.29, 1.82) is 5.26 Å². The Bertz CT molecular complexity index is 498. The molecule has 1 heteroatoms. The smallest absolute Gasteiger partial charge is 0.0991 e. The second kappa shape index (κ2) is 3.98. The van der Waals surface area contributed by atoms with Gasteiger partial charge < -0.3 is 0 Å². The van der Waals surface area contributed by atoms with Crippen molar-refractivity contribution in [3.8, 4) is 6.07 Å². The Balaban J connectivity index is 2.31. The summed E-state index contributed by atoms with van der Waals surface area (Å²) in [5.41, 5.74) is 3.33. The fourth-order valence-corrected chi connectivity index (χ4v) is 1.81. The van der Waals surface area contributed by atoms with E-state index in [4.69, 9.17) is 5.26 Å². The zero-order valence-corrected chi connectivity index (χ0v) is 9.70. The Labute approximate surface area is 96.7 Å². The van der Waals surface area contributed by atoms with Gasteiger partial charge in [0.1, 0.15) is 0 Å². The van der Waals surface area contributed by atoms with Crippen molar-refractivity contribution in [2.24, 2.45) is 5.41 Å². The molecule has 0 aliphatic heterocycles. The zero-order chi connectivity index (χ0) is 11.6. The quantitative estimate of drug-likeness (QED) is 0.687. The number of nitrogens with zero attached hydrogens (tertiary/aromatic N) is 1. The molecule has 16 heavy (non-hydrogen) atoms. The summed E-state index contributed by atoms with van der Waals surface area (Å²) in [5, 5.41) is 8.86. The van der Waals surface area contributed by atoms with Crippen LogP contribution in [-0.2, 0) is 0 Å². The third kappa shape index (κ3) is 2.23. The van der Waals surface area contributed by atoms with E-state index < -0.39 is 0 Å². The normalized spacial score (nSPS) is 17.7. The molecule has 0 amide bonds. The molecule has 1 aromatic rings. The second-order valence-electron chi connectivity index (χ2n) is 4.88. The van der Waals surface area contributed by atoms with Crippen LogP contribution in [0, 0.1) is 16.7 Å². The minimum Gasteiger partial charge on any atom is -0.192 e. The van der Waals surface area contributed by atoms with Gasteiger partial charge in [-0.05, 0) is 35.1 Å². The lowest BCUT2D eigenvalue weighted by molar-refractivity contribution is 0.485. The average Bonchev–Trinajstić information content (AvgIpc) is 2.29. The third-order valence-electron chi connectivity index (χ3n) is 2.89. The molecule has 0 N–H and O–H groups in total. The summed E-state index contributed by atoms with van der Waals surface area (Å²) in [6.45, 7) is 4.45. The summed E-state index contributed by atoms with van der Waals surface area (Å²) in [5.74, 6) is 0. The number of hydrogen-bond acceptors (Lipinski definition) is 1. The fraction of sp³-hybridized carbons (Fsp3) is 0.267. The molecule has 2 rings (SSSR count). The monoisotopic (exact) mass is 209 g/mol. The van der Waals surface area contributed by atoms with Gasteiger partial charge in [-0.3, -0.25) is 0 Å². The van der Waals surface area contributed by atoms with Crippen LogP contribution >= 0.6 is 0 Å². The van der Waals surface area contributed by atoms with Crippen LogP contribution in [0.3, 0.4) is 0 Å². The lowest BCUT2D eigenvalue weighted by Gasteiger charge is -2.22. The number of hydrogen-bond donors (Lipinski definition) is 0. The number of allylic oxidation sites excluding steroid dienone is 4. The van der Waals surface area contributed by atoms with Crippen molar-refractivity contribution in [2.75, 3.05) is 0 Å². The highest BCUT2D eigenvalue weighted by atomic mass is 14.2. The Morgan fingerprint density at radius 3 is 2.75 bits per heavy atom. The molecule has 0 bridgehead atoms. The van der Waals surface area contributed by atoms with Gasteiger partial charge in [-0.25, -0.2) is 0 Å². The van der Waals surface area contributed by atoms with Gasteiger partial charge in [-0.1, -0.05) is 44.2 Å². The van der Waals surface area contributed by atoms with Gasteiger partial charge in [0.15, 0.2) is 0 Å². The summed E-state index contributed by atoms with van der Waals surface area (Å²) in [4.78, 5) is 0. The van der Waals surface area contributed by atoms with Crippen molar-refractivity contribution < 1.29 is 0 Å². The lowest BCUT2D eigenvalue weighted by Crippen LogP contribution is -2.08. The summed E-state index contributed by atoms with van der Waals surface area (Å²) >= 11 is 0. The predicted molar refractivity (Wildman–Crippen MR) is 66.7 cm³/mol. The maximum absolute atomic E-state index is 8.86. The zero-order valence-electron chi connectivity index (χ0n) is 9.70. The van der Waals surface area contributed by atoms with E-state index in [-0.39, 0.29) is 5.41 Å². The molecule has 0 unspecified atom stereocenters. The molecule has 1 aliphatic carbocycles. The molecule has 1 nitrogen and oxygen atoms in total. The summed E-state index contributed by atoms with van der Waals surface area (Å²) in [7, 11) is 0. The van der Waals surface area contributed by atoms with Crippen LogP contribution in [0.4, 0.5) is 0 Å². The number of nitriles is 1. The van der Waals surface area contributed by atoms with Crippen LogP contribution < -0.4 is 0 Å². The van der Waals surface area contributed by atoms with Crippen LogP contribution in [0.25, 0.3) is 5.57 Å². The summed E-state index contributed by atoms with van der Waals surface area (Å²) < 4.78 is 0. The molecule has 1 aliphatic rings. The van der Waals surface area contributed by atoms with Gasteiger partial charge >= 0.3 is 0 Å². The largest absolute Gasteiger partial charge is 0.192 e. The van der Waals surface area contributed by atoms with Crippen molar-refractivity contribution in [3.63, 3.8) is 0 Å². The highest BCUT2D eigenvalue weighted by Crippen LogP contribution is 2.32. The molecule has 0 heterocycles. The standard InChI is InChI=1S/C15H15N/c1-15(2)8-6-13(7-9-15)14-5-3-4-12(10-14)11-16/h3-8,10H,9H2,1-2H3. The van der Waals surface area contributed by atoms with Crippen LogP contribution in [0.15, 0.2) is 42.5 Å². The summed E-state index contributed by atoms with van der Waals surface area (Å²) in [6.07, 6.45) is 7.69. The molecular weight excluding hydrogens is 194 g/mol. The van der Waals surface area contributed by atoms with Crippen LogP contribution in [0.2, 0.25) is 0 Å². The third-order valence-corrected chi connectivity index (χ3v) is 2.89. The first kappa shape index (κ1) is 10.7. The van der Waals surface area contributed by atoms with E-state index >= 15 is 0 Å². The minimum atomic E-state index is 0.260. The van der Waals surface area contributed by atoms with E-state index in [0.29, 0.717) is 0 Å². The van der Waals surface area contributed by atoms with Gasteiger partial charge in [0.05, 0.1) is 11.6 Å². The highest BCUT2D eigenvalue weighted by molar-refractivity contribution is 5.75. The van der Waals surface area contributed by atoms with E-state index in [2.05, 4.69) is 44.2 Å². The fourth-order valence-electron chi connectivity index (χ4n) is 1.81. The SMILES string of the molecule is CC1(C)C=CC(c2cccc(C#N)c2)=CC1. The van der Waals surface area contributed by atoms with Crippen molar-refractivity contribution >= 4 is 5.57 Å². The Morgan fingerprint density at radius 1 is 1.31 bits per heavy atom. The van der Waals surface area contributed by atoms with Crippen LogP contribution in [-0.4, -0.2) is 0 Å². The maximum Gasteiger partial charge on any atom is 0.0991 e. The highest BCUT2D eigenvalue weighted by Gasteiger charge is 2.16. The Morgan fingerprint density at radius 2 is 2.12 bits per heavy atom. The Kier molecular flexibility index (Phi) is 2.66. The molecule has 1 aromatic carbocycles. The minimum absolute atomic E-state index is 0.260. The topological polar surface area (TPSA) is 23.8 Å². The van der Waals surface area contributed by atoms with Gasteiger partial charge in [0, 0.05) is 0 Å². The van der Waals surface area contributed by atoms with Crippen molar-refractivity contribution in [3.05, 3.63) is 53.6 Å². The maximum atomic E-state index is 8.86. The van der Waals surface area contributed by atoms with Gasteiger partial charge in [-0.2, -0.15) is 5.26 Å². The molecule has 80 valence electrons. The van der Waals surface area contributed by atoms with Crippen molar-refractivity contribution in [2.45, 2.75) is 20.3 Å². The second-order valence-corrected chi connectivity index (χ2v) is 4.88. The molecule has 0 saturated heterocycles. The lowest BCUT2D eigenvalue weighted by atomic mass is 9.82. The van der Waals surface area contributed by atoms with E-state index in [1.54, 1.807) is 0 Å². The average molecular weight is 209 g/mol. The summed E-state index contributed by atoms with van der Waals surface area (Å²) in [6, 6.07) is 9.93. The molecular formula is C15H15N.